The van der Waals surface area contributed by atoms with E-state index in [1.165, 1.54) is 19.2 Å². The van der Waals surface area contributed by atoms with Gasteiger partial charge in [0.15, 0.2) is 17.3 Å². The molecule has 2 aromatic carbocycles. The van der Waals surface area contributed by atoms with E-state index in [0.29, 0.717) is 11.3 Å². The first kappa shape index (κ1) is 23.6. The average molecular weight is 478 g/mol. The number of hydrogen-bond acceptors (Lipinski definition) is 12. The summed E-state index contributed by atoms with van der Waals surface area (Å²) in [7, 11) is 1.47. The molecule has 7 N–H and O–H groups in total. The van der Waals surface area contributed by atoms with Gasteiger partial charge in [-0.05, 0) is 24.3 Å². The summed E-state index contributed by atoms with van der Waals surface area (Å²) in [6.45, 7) is -0.709. The van der Waals surface area contributed by atoms with Crippen LogP contribution in [0.5, 0.6) is 28.7 Å². The van der Waals surface area contributed by atoms with Crippen LogP contribution in [0.25, 0.3) is 22.3 Å². The van der Waals surface area contributed by atoms with Gasteiger partial charge in [-0.15, -0.1) is 0 Å². The lowest BCUT2D eigenvalue weighted by atomic mass is 9.99. The molecule has 0 radical (unpaired) electrons. The third-order valence-corrected chi connectivity index (χ3v) is 5.52. The van der Waals surface area contributed by atoms with Crippen molar-refractivity contribution < 1.29 is 54.4 Å². The predicted octanol–water partition coefficient (Wildman–Crippen LogP) is -0.236. The molecule has 3 aromatic rings. The molecule has 0 aliphatic carbocycles. The number of aliphatic hydroxyl groups is 4. The summed E-state index contributed by atoms with van der Waals surface area (Å²) in [6.07, 6.45) is -8.13. The van der Waals surface area contributed by atoms with E-state index in [1.54, 1.807) is 12.1 Å². The van der Waals surface area contributed by atoms with Crippen LogP contribution in [0.3, 0.4) is 0 Å². The summed E-state index contributed by atoms with van der Waals surface area (Å²) in [4.78, 5) is 12.7. The molecule has 1 aliphatic rings. The van der Waals surface area contributed by atoms with E-state index in [1.807, 2.05) is 0 Å². The number of methoxy groups -OCH3 is 1. The second-order valence-electron chi connectivity index (χ2n) is 7.60. The van der Waals surface area contributed by atoms with Crippen LogP contribution in [0.2, 0.25) is 0 Å². The van der Waals surface area contributed by atoms with E-state index in [9.17, 15) is 40.5 Å². The molecular formula is C22H22O12. The minimum atomic E-state index is -1.79. The summed E-state index contributed by atoms with van der Waals surface area (Å²) < 4.78 is 21.3. The third kappa shape index (κ3) is 3.87. The highest BCUT2D eigenvalue weighted by molar-refractivity contribution is 5.91. The minimum Gasteiger partial charge on any atom is -0.504 e. The number of fused-ring (bicyclic) bond motifs is 1. The van der Waals surface area contributed by atoms with Gasteiger partial charge in [-0.1, -0.05) is 0 Å². The fraction of sp³-hybridized carbons (Fsp3) is 0.318. The number of phenolic OH excluding ortho intramolecular Hbond substituents is 2. The molecule has 12 nitrogen and oxygen atoms in total. The maximum Gasteiger partial charge on any atom is 0.238 e. The number of hydrogen-bond donors (Lipinski definition) is 7. The lowest BCUT2D eigenvalue weighted by Gasteiger charge is -2.39. The summed E-state index contributed by atoms with van der Waals surface area (Å²) >= 11 is 0. The first-order valence-electron chi connectivity index (χ1n) is 10.0. The van der Waals surface area contributed by atoms with E-state index in [2.05, 4.69) is 0 Å². The van der Waals surface area contributed by atoms with Crippen LogP contribution in [0.15, 0.2) is 39.5 Å². The van der Waals surface area contributed by atoms with E-state index in [0.717, 1.165) is 6.07 Å². The summed E-state index contributed by atoms with van der Waals surface area (Å²) in [6, 6.07) is 7.20. The Bertz CT molecular complexity index is 1250. The number of rotatable bonds is 5. The zero-order valence-electron chi connectivity index (χ0n) is 17.7. The Morgan fingerprint density at radius 2 is 1.62 bits per heavy atom. The highest BCUT2D eigenvalue weighted by Crippen LogP contribution is 2.44. The third-order valence-electron chi connectivity index (χ3n) is 5.52. The van der Waals surface area contributed by atoms with Crippen molar-refractivity contribution in [2.45, 2.75) is 30.7 Å². The normalized spacial score (nSPS) is 24.8. The van der Waals surface area contributed by atoms with Gasteiger partial charge in [-0.2, -0.15) is 0 Å². The van der Waals surface area contributed by atoms with Crippen LogP contribution in [0, 0.1) is 0 Å². The van der Waals surface area contributed by atoms with Gasteiger partial charge in [-0.3, -0.25) is 4.79 Å². The fourth-order valence-corrected chi connectivity index (χ4v) is 3.61. The second kappa shape index (κ2) is 9.00. The lowest BCUT2D eigenvalue weighted by molar-refractivity contribution is -0.277. The van der Waals surface area contributed by atoms with Gasteiger partial charge in [0.25, 0.3) is 0 Å². The van der Waals surface area contributed by atoms with E-state index < -0.39 is 71.1 Å². The van der Waals surface area contributed by atoms with Crippen molar-refractivity contribution in [3.05, 3.63) is 40.6 Å². The standard InChI is InChI=1S/C22H22O12/c1-31-9-4-2-8(3-5-9)21-19(29)17(27)13-10(32-21)6-11(14(24)16(13)26)33-22-20(30)18(28)15(25)12(7-23)34-22/h2-6,12,15,18,20,22-26,28-30H,7H2,1H3/t12?,15-,18+,20?,22-/m1/s1. The van der Waals surface area contributed by atoms with Crippen molar-refractivity contribution in [2.75, 3.05) is 13.7 Å². The molecule has 1 aromatic heterocycles. The van der Waals surface area contributed by atoms with Crippen molar-refractivity contribution in [2.24, 2.45) is 0 Å². The van der Waals surface area contributed by atoms with Crippen LogP contribution >= 0.6 is 0 Å². The molecule has 182 valence electrons. The van der Waals surface area contributed by atoms with Gasteiger partial charge in [0.2, 0.25) is 23.2 Å². The molecule has 12 heteroatoms. The van der Waals surface area contributed by atoms with E-state index in [-0.39, 0.29) is 11.3 Å². The molecule has 2 unspecified atom stereocenters. The number of aliphatic hydroxyl groups excluding tert-OH is 4. The van der Waals surface area contributed by atoms with Crippen molar-refractivity contribution >= 4 is 11.0 Å². The second-order valence-corrected chi connectivity index (χ2v) is 7.60. The number of benzene rings is 2. The van der Waals surface area contributed by atoms with Crippen LogP contribution < -0.4 is 14.9 Å². The highest BCUT2D eigenvalue weighted by atomic mass is 16.7. The molecule has 1 aliphatic heterocycles. The predicted molar refractivity (Wildman–Crippen MR) is 114 cm³/mol. The molecule has 34 heavy (non-hydrogen) atoms. The number of phenols is 2. The number of aromatic hydroxyl groups is 3. The van der Waals surface area contributed by atoms with Crippen molar-refractivity contribution in [1.29, 1.82) is 0 Å². The van der Waals surface area contributed by atoms with Crippen LogP contribution in [0.1, 0.15) is 0 Å². The Labute approximate surface area is 191 Å². The van der Waals surface area contributed by atoms with Crippen LogP contribution in [-0.2, 0) is 4.74 Å². The Hall–Kier alpha value is -3.55. The summed E-state index contributed by atoms with van der Waals surface area (Å²) in [5.74, 6) is -2.94. The molecule has 1 saturated heterocycles. The van der Waals surface area contributed by atoms with Gasteiger partial charge in [0, 0.05) is 11.6 Å². The van der Waals surface area contributed by atoms with Gasteiger partial charge >= 0.3 is 0 Å². The van der Waals surface area contributed by atoms with Crippen molar-refractivity contribution in [3.63, 3.8) is 0 Å². The van der Waals surface area contributed by atoms with E-state index in [4.69, 9.17) is 18.6 Å². The summed E-state index contributed by atoms with van der Waals surface area (Å²) in [5, 5.41) is 69.9. The molecule has 0 amide bonds. The van der Waals surface area contributed by atoms with E-state index >= 15 is 0 Å². The molecule has 0 bridgehead atoms. The zero-order valence-corrected chi connectivity index (χ0v) is 17.7. The zero-order chi connectivity index (χ0) is 24.7. The van der Waals surface area contributed by atoms with Crippen LogP contribution in [0.4, 0.5) is 0 Å². The van der Waals surface area contributed by atoms with Gasteiger partial charge in [0.05, 0.1) is 13.7 Å². The van der Waals surface area contributed by atoms with Gasteiger partial charge in [0.1, 0.15) is 41.1 Å². The van der Waals surface area contributed by atoms with Crippen molar-refractivity contribution in [1.82, 2.24) is 0 Å². The fourth-order valence-electron chi connectivity index (χ4n) is 3.61. The first-order chi connectivity index (χ1) is 16.2. The Balaban J connectivity index is 1.79. The largest absolute Gasteiger partial charge is 0.504 e. The maximum absolute atomic E-state index is 12.7. The molecular weight excluding hydrogens is 456 g/mol. The Morgan fingerprint density at radius 3 is 2.24 bits per heavy atom. The quantitative estimate of drug-likeness (QED) is 0.238. The molecule has 1 fully saturated rings. The van der Waals surface area contributed by atoms with Gasteiger partial charge in [-0.25, -0.2) is 0 Å². The molecule has 0 saturated carbocycles. The molecule has 2 heterocycles. The Morgan fingerprint density at radius 1 is 0.941 bits per heavy atom. The summed E-state index contributed by atoms with van der Waals surface area (Å²) in [5.41, 5.74) is -1.01. The Kier molecular flexibility index (Phi) is 6.25. The number of ether oxygens (including phenoxy) is 3. The SMILES string of the molecule is COc1ccc(-c2oc3cc(O[C@@H]4OC(CO)[C@@H](O)[C@H](O)C4O)c(O)c(O)c3c(=O)c2O)cc1. The molecule has 0 spiro atoms. The first-order valence-corrected chi connectivity index (χ1v) is 10.0. The lowest BCUT2D eigenvalue weighted by Crippen LogP contribution is -2.60. The highest BCUT2D eigenvalue weighted by Gasteiger charge is 2.45. The topological polar surface area (TPSA) is 200 Å². The monoisotopic (exact) mass is 478 g/mol. The minimum absolute atomic E-state index is 0.232. The van der Waals surface area contributed by atoms with Gasteiger partial charge < -0.3 is 54.4 Å². The van der Waals surface area contributed by atoms with Crippen molar-refractivity contribution in [3.8, 4) is 40.1 Å². The van der Waals surface area contributed by atoms with Crippen LogP contribution in [-0.4, -0.2) is 80.2 Å². The molecule has 4 rings (SSSR count). The smallest absolute Gasteiger partial charge is 0.238 e. The maximum atomic E-state index is 12.7. The average Bonchev–Trinajstić information content (AvgIpc) is 2.84. The molecule has 5 atom stereocenters.